The quantitative estimate of drug-likeness (QED) is 0.691. The first kappa shape index (κ1) is 10.9. The van der Waals surface area contributed by atoms with Crippen molar-refractivity contribution in [3.05, 3.63) is 42.2 Å². The predicted octanol–water partition coefficient (Wildman–Crippen LogP) is 1.50. The Kier molecular flexibility index (Phi) is 2.87. The third-order valence-electron chi connectivity index (χ3n) is 2.02. The summed E-state index contributed by atoms with van der Waals surface area (Å²) in [4.78, 5) is 18.5. The molecule has 1 aromatic heterocycles. The van der Waals surface area contributed by atoms with E-state index in [0.29, 0.717) is 11.4 Å². The molecule has 2 rings (SSSR count). The van der Waals surface area contributed by atoms with Gasteiger partial charge in [-0.25, -0.2) is 14.8 Å². The lowest BCUT2D eigenvalue weighted by molar-refractivity contribution is 0.0690. The molecule has 4 N–H and O–H groups in total. The van der Waals surface area contributed by atoms with E-state index < -0.39 is 5.97 Å². The Bertz CT molecular complexity index is 557. The molecule has 2 aromatic rings. The Hall–Kier alpha value is -2.63. The van der Waals surface area contributed by atoms with Crippen molar-refractivity contribution in [1.29, 1.82) is 0 Å². The van der Waals surface area contributed by atoms with Crippen LogP contribution in [0.3, 0.4) is 0 Å². The minimum absolute atomic E-state index is 0.0635. The maximum absolute atomic E-state index is 10.7. The fraction of sp³-hybridized carbons (Fsp3) is 0. The number of nitrogens with zero attached hydrogens (tertiary/aromatic N) is 2. The van der Waals surface area contributed by atoms with Crippen molar-refractivity contribution >= 4 is 23.3 Å². The summed E-state index contributed by atoms with van der Waals surface area (Å²) >= 11 is 0. The number of carbonyl (C=O) groups is 1. The van der Waals surface area contributed by atoms with E-state index in [2.05, 4.69) is 15.3 Å². The molecule has 0 radical (unpaired) electrons. The highest BCUT2D eigenvalue weighted by molar-refractivity contribution is 5.85. The molecular weight excluding hydrogens is 220 g/mol. The summed E-state index contributed by atoms with van der Waals surface area (Å²) in [6, 6.07) is 8.34. The van der Waals surface area contributed by atoms with E-state index in [1.165, 1.54) is 12.3 Å². The zero-order chi connectivity index (χ0) is 12.3. The van der Waals surface area contributed by atoms with E-state index in [4.69, 9.17) is 10.8 Å². The number of aromatic nitrogens is 2. The van der Waals surface area contributed by atoms with E-state index >= 15 is 0 Å². The summed E-state index contributed by atoms with van der Waals surface area (Å²) in [5, 5.41) is 11.7. The number of rotatable bonds is 3. The molecule has 0 unspecified atom stereocenters. The van der Waals surface area contributed by atoms with Crippen LogP contribution >= 0.6 is 0 Å². The number of carboxylic acid groups (broad SMARTS) is 1. The summed E-state index contributed by atoms with van der Waals surface area (Å²) in [5.74, 6) is -0.876. The number of carboxylic acids is 1. The molecule has 0 aliphatic carbocycles. The van der Waals surface area contributed by atoms with E-state index in [-0.39, 0.29) is 11.6 Å². The van der Waals surface area contributed by atoms with Crippen molar-refractivity contribution in [2.75, 3.05) is 11.1 Å². The summed E-state index contributed by atoms with van der Waals surface area (Å²) < 4.78 is 0. The standard InChI is InChI=1S/C11H10N4O2/c12-7-2-1-3-8(6-7)14-11-13-5-4-9(15-11)10(16)17/h1-6H,12H2,(H,16,17)(H,13,14,15). The molecule has 0 atom stereocenters. The maximum Gasteiger partial charge on any atom is 0.354 e. The molecule has 6 heteroatoms. The monoisotopic (exact) mass is 230 g/mol. The van der Waals surface area contributed by atoms with E-state index in [9.17, 15) is 4.79 Å². The Balaban J connectivity index is 2.24. The van der Waals surface area contributed by atoms with Gasteiger partial charge in [0.2, 0.25) is 5.95 Å². The smallest absolute Gasteiger partial charge is 0.354 e. The van der Waals surface area contributed by atoms with Gasteiger partial charge >= 0.3 is 5.97 Å². The van der Waals surface area contributed by atoms with Crippen molar-refractivity contribution in [3.8, 4) is 0 Å². The van der Waals surface area contributed by atoms with Crippen LogP contribution in [-0.4, -0.2) is 21.0 Å². The van der Waals surface area contributed by atoms with E-state index in [1.807, 2.05) is 0 Å². The van der Waals surface area contributed by atoms with Gasteiger partial charge in [0.25, 0.3) is 0 Å². The fourth-order valence-corrected chi connectivity index (χ4v) is 1.28. The van der Waals surface area contributed by atoms with Gasteiger partial charge in [-0.15, -0.1) is 0 Å². The van der Waals surface area contributed by atoms with E-state index in [0.717, 1.165) is 0 Å². The molecule has 0 amide bonds. The second-order valence-electron chi connectivity index (χ2n) is 3.32. The van der Waals surface area contributed by atoms with Crippen LogP contribution < -0.4 is 11.1 Å². The van der Waals surface area contributed by atoms with Crippen LogP contribution in [0.15, 0.2) is 36.5 Å². The molecule has 0 aliphatic heterocycles. The molecule has 1 aromatic carbocycles. The molecule has 0 bridgehead atoms. The molecule has 86 valence electrons. The number of hydrogen-bond donors (Lipinski definition) is 3. The van der Waals surface area contributed by atoms with Crippen LogP contribution in [-0.2, 0) is 0 Å². The minimum Gasteiger partial charge on any atom is -0.477 e. The van der Waals surface area contributed by atoms with Gasteiger partial charge in [0.05, 0.1) is 0 Å². The van der Waals surface area contributed by atoms with Crippen LogP contribution in [0.1, 0.15) is 10.5 Å². The fourth-order valence-electron chi connectivity index (χ4n) is 1.28. The zero-order valence-electron chi connectivity index (χ0n) is 8.79. The van der Waals surface area contributed by atoms with Gasteiger partial charge in [-0.1, -0.05) is 6.07 Å². The minimum atomic E-state index is -1.09. The Labute approximate surface area is 97.1 Å². The number of anilines is 3. The van der Waals surface area contributed by atoms with Gasteiger partial charge in [0.1, 0.15) is 0 Å². The summed E-state index contributed by atoms with van der Waals surface area (Å²) in [5.41, 5.74) is 6.85. The van der Waals surface area contributed by atoms with Gasteiger partial charge in [0, 0.05) is 17.6 Å². The lowest BCUT2D eigenvalue weighted by Gasteiger charge is -2.05. The molecule has 0 spiro atoms. The first-order valence-electron chi connectivity index (χ1n) is 4.84. The molecule has 17 heavy (non-hydrogen) atoms. The molecule has 0 saturated heterocycles. The van der Waals surface area contributed by atoms with Crippen LogP contribution in [0.5, 0.6) is 0 Å². The number of hydrogen-bond acceptors (Lipinski definition) is 5. The third-order valence-corrected chi connectivity index (χ3v) is 2.02. The SMILES string of the molecule is Nc1cccc(Nc2nccc(C(=O)O)n2)c1. The van der Waals surface area contributed by atoms with Gasteiger partial charge in [-0.2, -0.15) is 0 Å². The Morgan fingerprint density at radius 3 is 2.88 bits per heavy atom. The zero-order valence-corrected chi connectivity index (χ0v) is 8.79. The van der Waals surface area contributed by atoms with Gasteiger partial charge in [-0.05, 0) is 24.3 Å². The number of aromatic carboxylic acids is 1. The average molecular weight is 230 g/mol. The second kappa shape index (κ2) is 4.48. The lowest BCUT2D eigenvalue weighted by atomic mass is 10.3. The number of nitrogens with one attached hydrogen (secondary N) is 1. The van der Waals surface area contributed by atoms with Gasteiger partial charge in [-0.3, -0.25) is 0 Å². The highest BCUT2D eigenvalue weighted by atomic mass is 16.4. The normalized spacial score (nSPS) is 9.88. The molecule has 0 fully saturated rings. The van der Waals surface area contributed by atoms with Crippen molar-refractivity contribution in [1.82, 2.24) is 9.97 Å². The topological polar surface area (TPSA) is 101 Å². The maximum atomic E-state index is 10.7. The number of nitrogen functional groups attached to an aromatic ring is 1. The van der Waals surface area contributed by atoms with Crippen molar-refractivity contribution in [3.63, 3.8) is 0 Å². The van der Waals surface area contributed by atoms with Gasteiger partial charge in [0.15, 0.2) is 5.69 Å². The van der Waals surface area contributed by atoms with Crippen LogP contribution in [0.2, 0.25) is 0 Å². The average Bonchev–Trinajstić information content (AvgIpc) is 2.29. The van der Waals surface area contributed by atoms with E-state index in [1.54, 1.807) is 24.3 Å². The predicted molar refractivity (Wildman–Crippen MR) is 63.1 cm³/mol. The largest absolute Gasteiger partial charge is 0.477 e. The van der Waals surface area contributed by atoms with Crippen LogP contribution in [0, 0.1) is 0 Å². The summed E-state index contributed by atoms with van der Waals surface area (Å²) in [6.45, 7) is 0. The third kappa shape index (κ3) is 2.69. The molecule has 0 aliphatic rings. The molecular formula is C11H10N4O2. The lowest BCUT2D eigenvalue weighted by Crippen LogP contribution is -2.04. The van der Waals surface area contributed by atoms with Crippen LogP contribution in [0.25, 0.3) is 0 Å². The molecule has 0 saturated carbocycles. The Morgan fingerprint density at radius 2 is 2.18 bits per heavy atom. The van der Waals surface area contributed by atoms with Crippen molar-refractivity contribution in [2.24, 2.45) is 0 Å². The van der Waals surface area contributed by atoms with Crippen molar-refractivity contribution < 1.29 is 9.90 Å². The molecule has 1 heterocycles. The van der Waals surface area contributed by atoms with Gasteiger partial charge < -0.3 is 16.2 Å². The first-order valence-corrected chi connectivity index (χ1v) is 4.84. The van der Waals surface area contributed by atoms with Crippen LogP contribution in [0.4, 0.5) is 17.3 Å². The number of benzene rings is 1. The first-order chi connectivity index (χ1) is 8.15. The Morgan fingerprint density at radius 1 is 1.35 bits per heavy atom. The summed E-state index contributed by atoms with van der Waals surface area (Å²) in [6.07, 6.45) is 1.38. The highest BCUT2D eigenvalue weighted by Crippen LogP contribution is 2.15. The van der Waals surface area contributed by atoms with Crippen molar-refractivity contribution in [2.45, 2.75) is 0 Å². The molecule has 6 nitrogen and oxygen atoms in total. The second-order valence-corrected chi connectivity index (χ2v) is 3.32. The number of nitrogens with two attached hydrogens (primary N) is 1. The highest BCUT2D eigenvalue weighted by Gasteiger charge is 2.06. The summed E-state index contributed by atoms with van der Waals surface area (Å²) in [7, 11) is 0.